The van der Waals surface area contributed by atoms with Crippen molar-refractivity contribution < 1.29 is 5.11 Å². The Labute approximate surface area is 157 Å². The standard InChI is InChI=1S/C21H34N4O/c1-2-14-4-7-16-12-17(8-9-18(16)21(14)26)24-10-3-11-25-20(23)13-19(22)15-5-6-15/h8-9,12-15,20-21,24-26H,2-7,10-11,22-23H2,1H3/b19-13-. The van der Waals surface area contributed by atoms with E-state index in [1.807, 2.05) is 6.08 Å². The molecule has 3 atom stereocenters. The molecular weight excluding hydrogens is 324 g/mol. The number of aliphatic hydroxyl groups excluding tert-OH is 1. The highest BCUT2D eigenvalue weighted by atomic mass is 16.3. The van der Waals surface area contributed by atoms with E-state index in [-0.39, 0.29) is 12.3 Å². The van der Waals surface area contributed by atoms with Gasteiger partial charge in [-0.1, -0.05) is 19.4 Å². The van der Waals surface area contributed by atoms with Crippen molar-refractivity contribution in [1.82, 2.24) is 5.32 Å². The number of hydrogen-bond donors (Lipinski definition) is 5. The van der Waals surface area contributed by atoms with Crippen LogP contribution in [0.4, 0.5) is 5.69 Å². The topological polar surface area (TPSA) is 96.3 Å². The lowest BCUT2D eigenvalue weighted by Crippen LogP contribution is -2.37. The van der Waals surface area contributed by atoms with Gasteiger partial charge in [0, 0.05) is 17.9 Å². The Morgan fingerprint density at radius 1 is 1.31 bits per heavy atom. The van der Waals surface area contributed by atoms with E-state index in [2.05, 4.69) is 35.8 Å². The van der Waals surface area contributed by atoms with Crippen LogP contribution in [-0.4, -0.2) is 24.4 Å². The first-order valence-electron chi connectivity index (χ1n) is 10.1. The molecule has 1 aromatic rings. The largest absolute Gasteiger partial charge is 0.402 e. The van der Waals surface area contributed by atoms with Crippen LogP contribution >= 0.6 is 0 Å². The van der Waals surface area contributed by atoms with Crippen molar-refractivity contribution in [3.63, 3.8) is 0 Å². The number of hydrogen-bond acceptors (Lipinski definition) is 5. The second-order valence-electron chi connectivity index (χ2n) is 7.77. The number of nitrogens with one attached hydrogen (secondary N) is 2. The summed E-state index contributed by atoms with van der Waals surface area (Å²) in [6.45, 7) is 3.90. The molecule has 5 heteroatoms. The summed E-state index contributed by atoms with van der Waals surface area (Å²) in [7, 11) is 0. The Bertz CT molecular complexity index is 626. The predicted octanol–water partition coefficient (Wildman–Crippen LogP) is 2.62. The number of allylic oxidation sites excluding steroid dienone is 1. The summed E-state index contributed by atoms with van der Waals surface area (Å²) in [5.74, 6) is 0.972. The normalized spacial score (nSPS) is 24.2. The molecule has 144 valence electrons. The van der Waals surface area contributed by atoms with E-state index in [4.69, 9.17) is 11.5 Å². The van der Waals surface area contributed by atoms with Crippen molar-refractivity contribution in [3.8, 4) is 0 Å². The van der Waals surface area contributed by atoms with Gasteiger partial charge >= 0.3 is 0 Å². The van der Waals surface area contributed by atoms with Gasteiger partial charge in [0.2, 0.25) is 0 Å². The zero-order chi connectivity index (χ0) is 18.5. The van der Waals surface area contributed by atoms with Gasteiger partial charge in [0.15, 0.2) is 0 Å². The molecule has 1 aromatic carbocycles. The van der Waals surface area contributed by atoms with Gasteiger partial charge in [-0.25, -0.2) is 0 Å². The summed E-state index contributed by atoms with van der Waals surface area (Å²) in [5.41, 5.74) is 16.5. The van der Waals surface area contributed by atoms with E-state index >= 15 is 0 Å². The van der Waals surface area contributed by atoms with Gasteiger partial charge in [0.25, 0.3) is 0 Å². The van der Waals surface area contributed by atoms with E-state index in [0.29, 0.717) is 11.8 Å². The summed E-state index contributed by atoms with van der Waals surface area (Å²) < 4.78 is 0. The fourth-order valence-corrected chi connectivity index (χ4v) is 3.81. The first-order valence-corrected chi connectivity index (χ1v) is 10.1. The van der Waals surface area contributed by atoms with Crippen molar-refractivity contribution >= 4 is 5.69 Å². The number of rotatable bonds is 9. The maximum Gasteiger partial charge on any atom is 0.0820 e. The average Bonchev–Trinajstić information content (AvgIpc) is 3.47. The molecule has 1 saturated carbocycles. The summed E-state index contributed by atoms with van der Waals surface area (Å²) in [5, 5.41) is 17.2. The highest BCUT2D eigenvalue weighted by molar-refractivity contribution is 5.50. The highest BCUT2D eigenvalue weighted by Gasteiger charge is 2.26. The van der Waals surface area contributed by atoms with Crippen molar-refractivity contribution in [2.45, 2.75) is 57.7 Å². The molecular formula is C21H34N4O. The minimum Gasteiger partial charge on any atom is -0.402 e. The third kappa shape index (κ3) is 5.00. The molecule has 0 aliphatic heterocycles. The van der Waals surface area contributed by atoms with Crippen LogP contribution in [0, 0.1) is 11.8 Å². The van der Waals surface area contributed by atoms with Gasteiger partial charge in [-0.05, 0) is 79.8 Å². The number of anilines is 1. The van der Waals surface area contributed by atoms with Crippen molar-refractivity contribution in [1.29, 1.82) is 0 Å². The molecule has 2 aliphatic rings. The smallest absolute Gasteiger partial charge is 0.0820 e. The Hall–Kier alpha value is -1.56. The van der Waals surface area contributed by atoms with Crippen molar-refractivity contribution in [2.24, 2.45) is 23.3 Å². The molecule has 7 N–H and O–H groups in total. The predicted molar refractivity (Wildman–Crippen MR) is 108 cm³/mol. The van der Waals surface area contributed by atoms with Crippen LogP contribution in [0.1, 0.15) is 56.3 Å². The molecule has 0 bridgehead atoms. The van der Waals surface area contributed by atoms with Gasteiger partial charge in [-0.15, -0.1) is 0 Å². The zero-order valence-corrected chi connectivity index (χ0v) is 15.9. The Kier molecular flexibility index (Phi) is 6.57. The molecule has 0 amide bonds. The minimum absolute atomic E-state index is 0.160. The second-order valence-corrected chi connectivity index (χ2v) is 7.77. The summed E-state index contributed by atoms with van der Waals surface area (Å²) in [4.78, 5) is 0. The first-order chi connectivity index (χ1) is 12.6. The molecule has 26 heavy (non-hydrogen) atoms. The molecule has 2 aliphatic carbocycles. The Morgan fingerprint density at radius 3 is 2.85 bits per heavy atom. The van der Waals surface area contributed by atoms with E-state index in [1.54, 1.807) is 0 Å². The van der Waals surface area contributed by atoms with Crippen molar-refractivity contribution in [3.05, 3.63) is 41.1 Å². The molecule has 3 rings (SSSR count). The van der Waals surface area contributed by atoms with Crippen LogP contribution in [0.3, 0.4) is 0 Å². The number of nitrogens with two attached hydrogens (primary N) is 2. The quantitative estimate of drug-likeness (QED) is 0.345. The van der Waals surface area contributed by atoms with E-state index in [1.165, 1.54) is 18.4 Å². The maximum absolute atomic E-state index is 10.5. The van der Waals surface area contributed by atoms with Crippen LogP contribution in [0.15, 0.2) is 30.0 Å². The summed E-state index contributed by atoms with van der Waals surface area (Å²) in [6.07, 6.45) is 8.06. The third-order valence-corrected chi connectivity index (χ3v) is 5.70. The lowest BCUT2D eigenvalue weighted by molar-refractivity contribution is 0.0914. The van der Waals surface area contributed by atoms with Gasteiger partial charge in [-0.2, -0.15) is 0 Å². The molecule has 0 aromatic heterocycles. The average molecular weight is 359 g/mol. The van der Waals surface area contributed by atoms with Gasteiger partial charge in [0.05, 0.1) is 12.3 Å². The van der Waals surface area contributed by atoms with Gasteiger partial charge in [0.1, 0.15) is 0 Å². The SMILES string of the molecule is CCC1CCc2cc(NCCCNC(N)/C=C(\N)C3CC3)ccc2C1O. The lowest BCUT2D eigenvalue weighted by Gasteiger charge is -2.29. The monoisotopic (exact) mass is 358 g/mol. The number of aliphatic hydroxyl groups is 1. The molecule has 1 fully saturated rings. The lowest BCUT2D eigenvalue weighted by atomic mass is 9.80. The molecule has 0 saturated heterocycles. The zero-order valence-electron chi connectivity index (χ0n) is 15.9. The van der Waals surface area contributed by atoms with Crippen LogP contribution in [0.5, 0.6) is 0 Å². The van der Waals surface area contributed by atoms with Gasteiger partial charge in [-0.3, -0.25) is 5.32 Å². The Morgan fingerprint density at radius 2 is 2.12 bits per heavy atom. The molecule has 0 spiro atoms. The van der Waals surface area contributed by atoms with E-state index in [9.17, 15) is 5.11 Å². The van der Waals surface area contributed by atoms with E-state index in [0.717, 1.165) is 55.7 Å². The second kappa shape index (κ2) is 8.89. The first kappa shape index (κ1) is 19.2. The van der Waals surface area contributed by atoms with Crippen LogP contribution in [0.2, 0.25) is 0 Å². The van der Waals surface area contributed by atoms with E-state index < -0.39 is 0 Å². The highest BCUT2D eigenvalue weighted by Crippen LogP contribution is 2.37. The fraction of sp³-hybridized carbons (Fsp3) is 0.619. The minimum atomic E-state index is -0.306. The third-order valence-electron chi connectivity index (χ3n) is 5.70. The molecule has 0 heterocycles. The summed E-state index contributed by atoms with van der Waals surface area (Å²) >= 11 is 0. The van der Waals surface area contributed by atoms with Crippen LogP contribution < -0.4 is 22.1 Å². The fourth-order valence-electron chi connectivity index (χ4n) is 3.81. The molecule has 3 unspecified atom stereocenters. The van der Waals surface area contributed by atoms with Crippen LogP contribution in [0.25, 0.3) is 0 Å². The van der Waals surface area contributed by atoms with Crippen LogP contribution in [-0.2, 0) is 6.42 Å². The van der Waals surface area contributed by atoms with Crippen molar-refractivity contribution in [2.75, 3.05) is 18.4 Å². The maximum atomic E-state index is 10.5. The number of aryl methyl sites for hydroxylation is 1. The Balaban J connectivity index is 1.39. The summed E-state index contributed by atoms with van der Waals surface area (Å²) in [6, 6.07) is 6.37. The number of fused-ring (bicyclic) bond motifs is 1. The van der Waals surface area contributed by atoms with Gasteiger partial charge < -0.3 is 21.9 Å². The molecule has 5 nitrogen and oxygen atoms in total. The number of benzene rings is 1. The molecule has 0 radical (unpaired) electrons.